The van der Waals surface area contributed by atoms with E-state index in [-0.39, 0.29) is 5.56 Å². The number of carbonyl (C=O) groups is 1. The molecule has 0 spiro atoms. The van der Waals surface area contributed by atoms with Gasteiger partial charge in [0.15, 0.2) is 0 Å². The standard InChI is InChI=1S/C13H14N2O3/c1-2-18-13(17)10-5-8-9(7-3-4-7)6-14-12(16)11(8)15-10/h5-7,15H,2-4H2,1H3,(H,14,16). The number of aromatic nitrogens is 2. The number of pyridine rings is 1. The van der Waals surface area contributed by atoms with Crippen LogP contribution >= 0.6 is 0 Å². The van der Waals surface area contributed by atoms with Gasteiger partial charge in [0.05, 0.1) is 6.61 Å². The summed E-state index contributed by atoms with van der Waals surface area (Å²) in [6.45, 7) is 2.07. The van der Waals surface area contributed by atoms with E-state index in [0.717, 1.165) is 23.8 Å². The van der Waals surface area contributed by atoms with Crippen LogP contribution in [0.3, 0.4) is 0 Å². The number of nitrogens with one attached hydrogen (secondary N) is 2. The van der Waals surface area contributed by atoms with Gasteiger partial charge in [-0.2, -0.15) is 0 Å². The van der Waals surface area contributed by atoms with E-state index in [2.05, 4.69) is 9.97 Å². The van der Waals surface area contributed by atoms with Crippen LogP contribution in [0.1, 0.15) is 41.7 Å². The van der Waals surface area contributed by atoms with Crippen molar-refractivity contribution in [1.82, 2.24) is 9.97 Å². The predicted molar refractivity (Wildman–Crippen MR) is 66.9 cm³/mol. The summed E-state index contributed by atoms with van der Waals surface area (Å²) < 4.78 is 4.93. The summed E-state index contributed by atoms with van der Waals surface area (Å²) in [5.41, 5.74) is 1.70. The van der Waals surface area contributed by atoms with Gasteiger partial charge >= 0.3 is 5.97 Å². The van der Waals surface area contributed by atoms with Crippen molar-refractivity contribution in [3.63, 3.8) is 0 Å². The number of esters is 1. The second kappa shape index (κ2) is 4.01. The van der Waals surface area contributed by atoms with Crippen LogP contribution in [0.4, 0.5) is 0 Å². The molecule has 1 aliphatic carbocycles. The molecule has 2 aromatic heterocycles. The number of hydrogen-bond acceptors (Lipinski definition) is 3. The number of rotatable bonds is 3. The lowest BCUT2D eigenvalue weighted by atomic mass is 10.1. The Labute approximate surface area is 103 Å². The Balaban J connectivity index is 2.15. The van der Waals surface area contributed by atoms with Crippen molar-refractivity contribution in [2.24, 2.45) is 0 Å². The molecule has 0 atom stereocenters. The molecular formula is C13H14N2O3. The summed E-state index contributed by atoms with van der Waals surface area (Å²) in [6.07, 6.45) is 4.03. The summed E-state index contributed by atoms with van der Waals surface area (Å²) in [5, 5.41) is 0.837. The quantitative estimate of drug-likeness (QED) is 0.812. The number of aromatic amines is 2. The molecule has 18 heavy (non-hydrogen) atoms. The van der Waals surface area contributed by atoms with Gasteiger partial charge in [0.1, 0.15) is 11.2 Å². The van der Waals surface area contributed by atoms with Crippen molar-refractivity contribution in [3.8, 4) is 0 Å². The van der Waals surface area contributed by atoms with Gasteiger partial charge in [-0.3, -0.25) is 4.79 Å². The minimum Gasteiger partial charge on any atom is -0.461 e. The molecule has 0 aromatic carbocycles. The Bertz CT molecular complexity index is 664. The van der Waals surface area contributed by atoms with Crippen molar-refractivity contribution in [2.45, 2.75) is 25.7 Å². The summed E-state index contributed by atoms with van der Waals surface area (Å²) in [7, 11) is 0. The Morgan fingerprint density at radius 2 is 2.28 bits per heavy atom. The second-order valence-corrected chi connectivity index (χ2v) is 4.54. The van der Waals surface area contributed by atoms with Crippen molar-refractivity contribution in [3.05, 3.63) is 33.9 Å². The summed E-state index contributed by atoms with van der Waals surface area (Å²) >= 11 is 0. The van der Waals surface area contributed by atoms with Crippen LogP contribution in [0.25, 0.3) is 10.9 Å². The van der Waals surface area contributed by atoms with E-state index in [9.17, 15) is 9.59 Å². The first-order chi connectivity index (χ1) is 8.70. The Hall–Kier alpha value is -2.04. The van der Waals surface area contributed by atoms with Crippen LogP contribution in [0, 0.1) is 0 Å². The monoisotopic (exact) mass is 246 g/mol. The van der Waals surface area contributed by atoms with Crippen LogP contribution in [-0.4, -0.2) is 22.5 Å². The number of H-pyrrole nitrogens is 2. The molecule has 2 aromatic rings. The van der Waals surface area contributed by atoms with Crippen LogP contribution in [-0.2, 0) is 4.74 Å². The molecule has 94 valence electrons. The SMILES string of the molecule is CCOC(=O)c1cc2c(C3CC3)c[nH]c(=O)c2[nH]1. The van der Waals surface area contributed by atoms with E-state index in [4.69, 9.17) is 4.74 Å². The van der Waals surface area contributed by atoms with Crippen LogP contribution in [0.2, 0.25) is 0 Å². The molecule has 1 saturated carbocycles. The summed E-state index contributed by atoms with van der Waals surface area (Å²) in [4.78, 5) is 28.9. The maximum Gasteiger partial charge on any atom is 0.354 e. The maximum absolute atomic E-state index is 11.7. The number of carbonyl (C=O) groups excluding carboxylic acids is 1. The molecule has 1 fully saturated rings. The molecule has 0 unspecified atom stereocenters. The minimum atomic E-state index is -0.421. The molecule has 0 radical (unpaired) electrons. The highest BCUT2D eigenvalue weighted by molar-refractivity contribution is 5.95. The van der Waals surface area contributed by atoms with Gasteiger partial charge in [0.25, 0.3) is 5.56 Å². The molecule has 0 bridgehead atoms. The van der Waals surface area contributed by atoms with Crippen molar-refractivity contribution >= 4 is 16.9 Å². The van der Waals surface area contributed by atoms with Gasteiger partial charge in [-0.05, 0) is 37.3 Å². The van der Waals surface area contributed by atoms with E-state index in [1.165, 1.54) is 0 Å². The molecule has 0 aliphatic heterocycles. The van der Waals surface area contributed by atoms with Gasteiger partial charge in [-0.15, -0.1) is 0 Å². The van der Waals surface area contributed by atoms with E-state index in [1.807, 2.05) is 0 Å². The van der Waals surface area contributed by atoms with Gasteiger partial charge in [-0.25, -0.2) is 4.79 Å². The number of hydrogen-bond donors (Lipinski definition) is 2. The normalized spacial score (nSPS) is 14.9. The number of fused-ring (bicyclic) bond motifs is 1. The highest BCUT2D eigenvalue weighted by Gasteiger charge is 2.27. The molecule has 2 N–H and O–H groups in total. The zero-order chi connectivity index (χ0) is 12.7. The highest BCUT2D eigenvalue weighted by atomic mass is 16.5. The van der Waals surface area contributed by atoms with Gasteiger partial charge in [0, 0.05) is 11.6 Å². The first-order valence-electron chi connectivity index (χ1n) is 6.12. The molecule has 2 heterocycles. The molecule has 0 saturated heterocycles. The largest absolute Gasteiger partial charge is 0.461 e. The first-order valence-corrected chi connectivity index (χ1v) is 6.12. The Kier molecular flexibility index (Phi) is 2.47. The fourth-order valence-electron chi connectivity index (χ4n) is 2.21. The second-order valence-electron chi connectivity index (χ2n) is 4.54. The lowest BCUT2D eigenvalue weighted by Crippen LogP contribution is -2.08. The van der Waals surface area contributed by atoms with Crippen LogP contribution in [0.5, 0.6) is 0 Å². The van der Waals surface area contributed by atoms with Gasteiger partial charge in [0.2, 0.25) is 0 Å². The number of ether oxygens (including phenoxy) is 1. The first kappa shape index (κ1) is 11.1. The van der Waals surface area contributed by atoms with Crippen molar-refractivity contribution in [1.29, 1.82) is 0 Å². The average molecular weight is 246 g/mol. The maximum atomic E-state index is 11.7. The molecule has 5 heteroatoms. The highest BCUT2D eigenvalue weighted by Crippen LogP contribution is 2.42. The minimum absolute atomic E-state index is 0.204. The Morgan fingerprint density at radius 3 is 2.94 bits per heavy atom. The zero-order valence-corrected chi connectivity index (χ0v) is 10.1. The average Bonchev–Trinajstić information content (AvgIpc) is 3.07. The lowest BCUT2D eigenvalue weighted by molar-refractivity contribution is 0.0520. The smallest absolute Gasteiger partial charge is 0.354 e. The van der Waals surface area contributed by atoms with Crippen LogP contribution < -0.4 is 5.56 Å². The van der Waals surface area contributed by atoms with E-state index in [1.54, 1.807) is 19.2 Å². The van der Waals surface area contributed by atoms with Crippen molar-refractivity contribution in [2.75, 3.05) is 6.61 Å². The molecule has 5 nitrogen and oxygen atoms in total. The third kappa shape index (κ3) is 1.72. The molecule has 3 rings (SSSR count). The topological polar surface area (TPSA) is 75.0 Å². The fraction of sp³-hybridized carbons (Fsp3) is 0.385. The summed E-state index contributed by atoms with van der Waals surface area (Å²) in [6, 6.07) is 1.72. The lowest BCUT2D eigenvalue weighted by Gasteiger charge is -1.98. The van der Waals surface area contributed by atoms with Crippen molar-refractivity contribution < 1.29 is 9.53 Å². The van der Waals surface area contributed by atoms with Gasteiger partial charge < -0.3 is 14.7 Å². The Morgan fingerprint density at radius 1 is 1.50 bits per heavy atom. The van der Waals surface area contributed by atoms with Gasteiger partial charge in [-0.1, -0.05) is 0 Å². The molecular weight excluding hydrogens is 232 g/mol. The third-order valence-electron chi connectivity index (χ3n) is 3.23. The molecule has 1 aliphatic rings. The zero-order valence-electron chi connectivity index (χ0n) is 10.1. The summed E-state index contributed by atoms with van der Waals surface area (Å²) in [5.74, 6) is 0.0880. The van der Waals surface area contributed by atoms with E-state index < -0.39 is 5.97 Å². The van der Waals surface area contributed by atoms with E-state index in [0.29, 0.717) is 23.7 Å². The van der Waals surface area contributed by atoms with Crippen LogP contribution in [0.15, 0.2) is 17.1 Å². The predicted octanol–water partition coefficient (Wildman–Crippen LogP) is 1.91. The third-order valence-corrected chi connectivity index (χ3v) is 3.23. The molecule has 0 amide bonds. The fourth-order valence-corrected chi connectivity index (χ4v) is 2.21. The van der Waals surface area contributed by atoms with E-state index >= 15 is 0 Å².